The summed E-state index contributed by atoms with van der Waals surface area (Å²) in [6.07, 6.45) is 39.1. The molecule has 0 radical (unpaired) electrons. The molecule has 0 fully saturated rings. The van der Waals surface area contributed by atoms with Gasteiger partial charge in [0.15, 0.2) is 6.10 Å². The van der Waals surface area contributed by atoms with Gasteiger partial charge in [-0.05, 0) is 38.5 Å². The molecular formula is C45H83NO7. The molecule has 8 heteroatoms. The fraction of sp³-hybridized carbons (Fsp3) is 0.844. The maximum absolute atomic E-state index is 12.7. The highest BCUT2D eigenvalue weighted by Gasteiger charge is 2.25. The van der Waals surface area contributed by atoms with Gasteiger partial charge < -0.3 is 28.6 Å². The predicted octanol–water partition coefficient (Wildman–Crippen LogP) is 10.4. The molecule has 2 unspecified atom stereocenters. The number of hydrogen-bond acceptors (Lipinski definition) is 7. The van der Waals surface area contributed by atoms with E-state index in [4.69, 9.17) is 14.2 Å². The first kappa shape index (κ1) is 50.8. The van der Waals surface area contributed by atoms with E-state index in [0.717, 1.165) is 70.6 Å². The molecule has 310 valence electrons. The average Bonchev–Trinajstić information content (AvgIpc) is 3.11. The van der Waals surface area contributed by atoms with Crippen LogP contribution in [0, 0.1) is 0 Å². The fourth-order valence-electron chi connectivity index (χ4n) is 6.40. The van der Waals surface area contributed by atoms with E-state index in [2.05, 4.69) is 38.2 Å². The van der Waals surface area contributed by atoms with E-state index in [9.17, 15) is 19.5 Å². The van der Waals surface area contributed by atoms with Crippen molar-refractivity contribution in [1.29, 1.82) is 0 Å². The van der Waals surface area contributed by atoms with Crippen molar-refractivity contribution < 1.29 is 38.2 Å². The minimum Gasteiger partial charge on any atom is -0.544 e. The smallest absolute Gasteiger partial charge is 0.306 e. The summed E-state index contributed by atoms with van der Waals surface area (Å²) in [4.78, 5) is 36.8. The van der Waals surface area contributed by atoms with Gasteiger partial charge in [0.25, 0.3) is 0 Å². The van der Waals surface area contributed by atoms with Crippen LogP contribution in [0.4, 0.5) is 0 Å². The minimum absolute atomic E-state index is 0.0386. The number of unbranched alkanes of at least 4 members (excludes halogenated alkanes) is 21. The molecule has 0 rings (SSSR count). The quantitative estimate of drug-likeness (QED) is 0.0267. The van der Waals surface area contributed by atoms with Crippen molar-refractivity contribution in [3.63, 3.8) is 0 Å². The number of carboxylic acids is 1. The molecule has 8 nitrogen and oxygen atoms in total. The lowest BCUT2D eigenvalue weighted by Gasteiger charge is -2.34. The zero-order valence-electron chi connectivity index (χ0n) is 35.2. The number of allylic oxidation sites excluding steroid dienone is 4. The SMILES string of the molecule is CCC/C=C\C/C=C\CCCCCCCC(=O)OC(COCCC(C(=O)[O-])[N+](C)(C)C)COC(=O)CCCCCCCCCCCCCCCCCC. The van der Waals surface area contributed by atoms with Crippen LogP contribution in [0.25, 0.3) is 0 Å². The molecule has 0 amide bonds. The van der Waals surface area contributed by atoms with Gasteiger partial charge in [-0.25, -0.2) is 0 Å². The number of carboxylic acid groups (broad SMARTS) is 1. The fourth-order valence-corrected chi connectivity index (χ4v) is 6.40. The van der Waals surface area contributed by atoms with Gasteiger partial charge in [-0.2, -0.15) is 0 Å². The molecule has 0 saturated carbocycles. The number of aliphatic carboxylic acids is 1. The van der Waals surface area contributed by atoms with Gasteiger partial charge in [0.1, 0.15) is 12.6 Å². The number of rotatable bonds is 39. The molecule has 0 saturated heterocycles. The van der Waals surface area contributed by atoms with E-state index in [0.29, 0.717) is 12.8 Å². The van der Waals surface area contributed by atoms with Crippen LogP contribution in [0.15, 0.2) is 24.3 Å². The molecule has 0 aromatic rings. The summed E-state index contributed by atoms with van der Waals surface area (Å²) in [5.74, 6) is -1.74. The average molecular weight is 750 g/mol. The zero-order valence-corrected chi connectivity index (χ0v) is 35.2. The van der Waals surface area contributed by atoms with Crippen molar-refractivity contribution in [3.8, 4) is 0 Å². The van der Waals surface area contributed by atoms with Crippen molar-refractivity contribution in [2.75, 3.05) is 41.0 Å². The van der Waals surface area contributed by atoms with E-state index in [1.54, 1.807) is 21.1 Å². The number of carbonyl (C=O) groups excluding carboxylic acids is 3. The number of carbonyl (C=O) groups is 3. The predicted molar refractivity (Wildman–Crippen MR) is 217 cm³/mol. The van der Waals surface area contributed by atoms with E-state index < -0.39 is 18.1 Å². The number of quaternary nitrogens is 1. The summed E-state index contributed by atoms with van der Waals surface area (Å²) in [6, 6.07) is -0.725. The van der Waals surface area contributed by atoms with Gasteiger partial charge in [0.2, 0.25) is 0 Å². The number of nitrogens with zero attached hydrogens (tertiary/aromatic N) is 1. The normalized spacial score (nSPS) is 13.2. The number of hydrogen-bond donors (Lipinski definition) is 0. The second kappa shape index (κ2) is 36.8. The molecule has 0 bridgehead atoms. The van der Waals surface area contributed by atoms with E-state index in [1.165, 1.54) is 89.9 Å². The Kier molecular flexibility index (Phi) is 35.2. The summed E-state index contributed by atoms with van der Waals surface area (Å²) in [5, 5.41) is 11.6. The van der Waals surface area contributed by atoms with Gasteiger partial charge in [-0.3, -0.25) is 9.59 Å². The molecule has 0 aliphatic heterocycles. The highest BCUT2D eigenvalue weighted by atomic mass is 16.6. The summed E-state index contributed by atoms with van der Waals surface area (Å²) in [6.45, 7) is 4.60. The van der Waals surface area contributed by atoms with Gasteiger partial charge in [-0.15, -0.1) is 0 Å². The summed E-state index contributed by atoms with van der Waals surface area (Å²) < 4.78 is 17.1. The Balaban J connectivity index is 4.33. The molecular weight excluding hydrogens is 666 g/mol. The van der Waals surface area contributed by atoms with Crippen molar-refractivity contribution in [1.82, 2.24) is 0 Å². The zero-order chi connectivity index (χ0) is 39.3. The second-order valence-corrected chi connectivity index (χ2v) is 15.9. The third kappa shape index (κ3) is 35.3. The van der Waals surface area contributed by atoms with Crippen LogP contribution in [0.2, 0.25) is 0 Å². The number of esters is 2. The summed E-state index contributed by atoms with van der Waals surface area (Å²) in [7, 11) is 5.40. The molecule has 0 N–H and O–H groups in total. The van der Waals surface area contributed by atoms with Crippen molar-refractivity contribution in [2.24, 2.45) is 0 Å². The number of likely N-dealkylation sites (N-methyl/N-ethyl adjacent to an activating group) is 1. The van der Waals surface area contributed by atoms with Crippen LogP contribution in [0.1, 0.15) is 194 Å². The van der Waals surface area contributed by atoms with Gasteiger partial charge in [0, 0.05) is 19.3 Å². The monoisotopic (exact) mass is 750 g/mol. The topological polar surface area (TPSA) is 102 Å². The van der Waals surface area contributed by atoms with Crippen LogP contribution in [0.5, 0.6) is 0 Å². The van der Waals surface area contributed by atoms with E-state index >= 15 is 0 Å². The largest absolute Gasteiger partial charge is 0.544 e. The van der Waals surface area contributed by atoms with Crippen LogP contribution >= 0.6 is 0 Å². The molecule has 53 heavy (non-hydrogen) atoms. The van der Waals surface area contributed by atoms with Crippen molar-refractivity contribution >= 4 is 17.9 Å². The van der Waals surface area contributed by atoms with Crippen LogP contribution in [-0.4, -0.2) is 75.5 Å². The highest BCUT2D eigenvalue weighted by Crippen LogP contribution is 2.15. The first-order valence-corrected chi connectivity index (χ1v) is 21.9. The molecule has 0 aliphatic rings. The summed E-state index contributed by atoms with van der Waals surface area (Å²) >= 11 is 0. The van der Waals surface area contributed by atoms with Crippen LogP contribution < -0.4 is 5.11 Å². The van der Waals surface area contributed by atoms with Gasteiger partial charge in [0.05, 0.1) is 40.3 Å². The lowest BCUT2D eigenvalue weighted by atomic mass is 10.0. The Morgan fingerprint density at radius 3 is 1.53 bits per heavy atom. The van der Waals surface area contributed by atoms with Gasteiger partial charge in [-0.1, -0.05) is 160 Å². The Labute approximate surface area is 326 Å². The minimum atomic E-state index is -1.13. The molecule has 0 aromatic heterocycles. The van der Waals surface area contributed by atoms with E-state index in [1.807, 2.05) is 0 Å². The van der Waals surface area contributed by atoms with Gasteiger partial charge >= 0.3 is 11.9 Å². The Hall–Kier alpha value is -2.19. The lowest BCUT2D eigenvalue weighted by Crippen LogP contribution is -2.55. The van der Waals surface area contributed by atoms with Crippen molar-refractivity contribution in [2.45, 2.75) is 206 Å². The Morgan fingerprint density at radius 2 is 1.04 bits per heavy atom. The first-order valence-electron chi connectivity index (χ1n) is 21.9. The first-order chi connectivity index (χ1) is 25.6. The highest BCUT2D eigenvalue weighted by molar-refractivity contribution is 5.70. The molecule has 0 heterocycles. The second-order valence-electron chi connectivity index (χ2n) is 15.9. The standard InChI is InChI=1S/C45H83NO7/c1-6-8-10-12-14-16-18-20-21-22-24-25-27-29-31-33-35-43(47)52-40-41(39-51-38-37-42(45(49)50)46(3,4)5)53-44(48)36-34-32-30-28-26-23-19-17-15-13-11-9-7-2/h11,13,17,19,41-42H,6-10,12,14-16,18,20-40H2,1-5H3/b13-11-,19-17-. The Bertz CT molecular complexity index is 926. The molecule has 0 spiro atoms. The summed E-state index contributed by atoms with van der Waals surface area (Å²) in [5.41, 5.74) is 0. The lowest BCUT2D eigenvalue weighted by molar-refractivity contribution is -0.889. The Morgan fingerprint density at radius 1 is 0.566 bits per heavy atom. The third-order valence-corrected chi connectivity index (χ3v) is 9.82. The molecule has 0 aliphatic carbocycles. The molecule has 2 atom stereocenters. The number of ether oxygens (including phenoxy) is 3. The third-order valence-electron chi connectivity index (χ3n) is 9.82. The maximum atomic E-state index is 12.7. The van der Waals surface area contributed by atoms with Crippen LogP contribution in [-0.2, 0) is 28.6 Å². The maximum Gasteiger partial charge on any atom is 0.306 e. The molecule has 0 aromatic carbocycles. The van der Waals surface area contributed by atoms with Crippen molar-refractivity contribution in [3.05, 3.63) is 24.3 Å². The van der Waals surface area contributed by atoms with Crippen LogP contribution in [0.3, 0.4) is 0 Å². The van der Waals surface area contributed by atoms with E-state index in [-0.39, 0.29) is 42.7 Å².